The molecule has 1 spiro atoms. The average molecular weight is 222 g/mol. The summed E-state index contributed by atoms with van der Waals surface area (Å²) < 4.78 is 4.87. The predicted octanol–water partition coefficient (Wildman–Crippen LogP) is 2.83. The lowest BCUT2D eigenvalue weighted by Gasteiger charge is -2.27. The molecule has 0 aliphatic heterocycles. The van der Waals surface area contributed by atoms with Gasteiger partial charge in [-0.2, -0.15) is 0 Å². The first-order chi connectivity index (χ1) is 7.27. The van der Waals surface area contributed by atoms with E-state index in [4.69, 9.17) is 4.74 Å². The minimum Gasteiger partial charge on any atom is -0.469 e. The highest BCUT2D eigenvalue weighted by molar-refractivity contribution is 7.10. The third-order valence-corrected chi connectivity index (χ3v) is 4.86. The van der Waals surface area contributed by atoms with Gasteiger partial charge in [0.1, 0.15) is 0 Å². The second-order valence-electron chi connectivity index (χ2n) is 4.59. The van der Waals surface area contributed by atoms with Gasteiger partial charge in [0, 0.05) is 4.88 Å². The van der Waals surface area contributed by atoms with Crippen LogP contribution in [-0.2, 0) is 14.9 Å². The highest BCUT2D eigenvalue weighted by Gasteiger charge is 2.50. The van der Waals surface area contributed by atoms with Crippen LogP contribution in [0.1, 0.15) is 42.0 Å². The van der Waals surface area contributed by atoms with Gasteiger partial charge in [0.15, 0.2) is 0 Å². The van der Waals surface area contributed by atoms with Crippen molar-refractivity contribution in [2.45, 2.75) is 37.0 Å². The number of hydrogen-bond donors (Lipinski definition) is 0. The van der Waals surface area contributed by atoms with Gasteiger partial charge in [0.05, 0.1) is 13.0 Å². The van der Waals surface area contributed by atoms with Gasteiger partial charge in [-0.1, -0.05) is 0 Å². The summed E-state index contributed by atoms with van der Waals surface area (Å²) in [5, 5.41) is 2.12. The maximum absolute atomic E-state index is 11.6. The molecule has 1 fully saturated rings. The van der Waals surface area contributed by atoms with Crippen LogP contribution in [0.3, 0.4) is 0 Å². The zero-order valence-electron chi connectivity index (χ0n) is 8.79. The SMILES string of the molecule is COC(=O)C1CCC2(CC2)c2ccsc21. The molecule has 1 saturated carbocycles. The lowest BCUT2D eigenvalue weighted by molar-refractivity contribution is -0.142. The summed E-state index contributed by atoms with van der Waals surface area (Å²) in [5.41, 5.74) is 1.90. The summed E-state index contributed by atoms with van der Waals surface area (Å²) in [6, 6.07) is 2.21. The van der Waals surface area contributed by atoms with Crippen molar-refractivity contribution < 1.29 is 9.53 Å². The number of methoxy groups -OCH3 is 1. The summed E-state index contributed by atoms with van der Waals surface area (Å²) in [7, 11) is 1.48. The summed E-state index contributed by atoms with van der Waals surface area (Å²) >= 11 is 1.72. The minimum atomic E-state index is -0.0609. The molecule has 3 heteroatoms. The van der Waals surface area contributed by atoms with Crippen LogP contribution in [-0.4, -0.2) is 13.1 Å². The Hall–Kier alpha value is -0.830. The molecule has 0 bridgehead atoms. The summed E-state index contributed by atoms with van der Waals surface area (Å²) in [5.74, 6) is -0.0505. The van der Waals surface area contributed by atoms with Crippen LogP contribution in [0.4, 0.5) is 0 Å². The van der Waals surface area contributed by atoms with E-state index in [1.165, 1.54) is 30.4 Å². The maximum atomic E-state index is 11.6. The Balaban J connectivity index is 2.01. The van der Waals surface area contributed by atoms with E-state index in [0.29, 0.717) is 5.41 Å². The predicted molar refractivity (Wildman–Crippen MR) is 59.2 cm³/mol. The van der Waals surface area contributed by atoms with E-state index in [0.717, 1.165) is 12.8 Å². The van der Waals surface area contributed by atoms with Crippen molar-refractivity contribution in [1.29, 1.82) is 0 Å². The van der Waals surface area contributed by atoms with Crippen molar-refractivity contribution >= 4 is 17.3 Å². The van der Waals surface area contributed by atoms with Crippen molar-refractivity contribution in [3.8, 4) is 0 Å². The number of carbonyl (C=O) groups excluding carboxylic acids is 1. The molecule has 2 aliphatic carbocycles. The van der Waals surface area contributed by atoms with Crippen LogP contribution >= 0.6 is 11.3 Å². The van der Waals surface area contributed by atoms with E-state index in [-0.39, 0.29) is 11.9 Å². The van der Waals surface area contributed by atoms with Gasteiger partial charge in [-0.3, -0.25) is 4.79 Å². The van der Waals surface area contributed by atoms with Crippen LogP contribution in [0.25, 0.3) is 0 Å². The molecule has 0 amide bonds. The third kappa shape index (κ3) is 1.26. The summed E-state index contributed by atoms with van der Waals surface area (Å²) in [6.07, 6.45) is 4.76. The zero-order valence-corrected chi connectivity index (χ0v) is 9.60. The van der Waals surface area contributed by atoms with Gasteiger partial charge >= 0.3 is 5.97 Å². The number of carbonyl (C=O) groups is 1. The first-order valence-corrected chi connectivity index (χ1v) is 6.30. The van der Waals surface area contributed by atoms with E-state index in [1.54, 1.807) is 11.3 Å². The fraction of sp³-hybridized carbons (Fsp3) is 0.583. The molecule has 1 aromatic heterocycles. The first kappa shape index (κ1) is 9.40. The fourth-order valence-electron chi connectivity index (χ4n) is 2.75. The third-order valence-electron chi connectivity index (χ3n) is 3.83. The van der Waals surface area contributed by atoms with Gasteiger partial charge in [0.2, 0.25) is 0 Å². The van der Waals surface area contributed by atoms with Crippen molar-refractivity contribution in [2.24, 2.45) is 0 Å². The lowest BCUT2D eigenvalue weighted by Crippen LogP contribution is -2.23. The maximum Gasteiger partial charge on any atom is 0.313 e. The zero-order chi connectivity index (χ0) is 10.5. The molecular formula is C12H14O2S. The number of fused-ring (bicyclic) bond motifs is 2. The van der Waals surface area contributed by atoms with E-state index in [1.807, 2.05) is 0 Å². The molecule has 0 radical (unpaired) electrons. The van der Waals surface area contributed by atoms with Crippen LogP contribution < -0.4 is 0 Å². The average Bonchev–Trinajstić information content (AvgIpc) is 2.85. The summed E-state index contributed by atoms with van der Waals surface area (Å²) in [4.78, 5) is 12.9. The quantitative estimate of drug-likeness (QED) is 0.683. The van der Waals surface area contributed by atoms with Crippen LogP contribution in [0.15, 0.2) is 11.4 Å². The standard InChI is InChI=1S/C12H14O2S/c1-14-11(13)8-2-4-12(5-6-12)9-3-7-15-10(8)9/h3,7-8H,2,4-6H2,1H3. The fourth-order valence-corrected chi connectivity index (χ4v) is 3.89. The van der Waals surface area contributed by atoms with Crippen LogP contribution in [0, 0.1) is 0 Å². The molecule has 1 atom stereocenters. The normalized spacial score (nSPS) is 26.1. The molecule has 0 aromatic carbocycles. The van der Waals surface area contributed by atoms with E-state index in [2.05, 4.69) is 11.4 Å². The molecule has 0 N–H and O–H groups in total. The van der Waals surface area contributed by atoms with E-state index < -0.39 is 0 Å². The first-order valence-electron chi connectivity index (χ1n) is 5.42. The molecule has 3 rings (SSSR count). The smallest absolute Gasteiger partial charge is 0.313 e. The minimum absolute atomic E-state index is 0.0104. The molecule has 15 heavy (non-hydrogen) atoms. The molecular weight excluding hydrogens is 208 g/mol. The largest absolute Gasteiger partial charge is 0.469 e. The second kappa shape index (κ2) is 3.08. The van der Waals surface area contributed by atoms with Crippen molar-refractivity contribution in [3.63, 3.8) is 0 Å². The van der Waals surface area contributed by atoms with E-state index >= 15 is 0 Å². The number of esters is 1. The van der Waals surface area contributed by atoms with Gasteiger partial charge in [0.25, 0.3) is 0 Å². The molecule has 1 heterocycles. The van der Waals surface area contributed by atoms with Crippen molar-refractivity contribution in [3.05, 3.63) is 21.9 Å². The van der Waals surface area contributed by atoms with Gasteiger partial charge in [-0.15, -0.1) is 11.3 Å². The molecule has 80 valence electrons. The molecule has 1 unspecified atom stereocenters. The van der Waals surface area contributed by atoms with Crippen LogP contribution in [0.2, 0.25) is 0 Å². The Labute approximate surface area is 93.3 Å². The monoisotopic (exact) mass is 222 g/mol. The van der Waals surface area contributed by atoms with Gasteiger partial charge in [-0.25, -0.2) is 0 Å². The Morgan fingerprint density at radius 3 is 3.00 bits per heavy atom. The Kier molecular flexibility index (Phi) is 1.93. The number of ether oxygens (including phenoxy) is 1. The van der Waals surface area contributed by atoms with Crippen molar-refractivity contribution in [1.82, 2.24) is 0 Å². The molecule has 2 aliphatic rings. The number of hydrogen-bond acceptors (Lipinski definition) is 3. The number of rotatable bonds is 1. The molecule has 2 nitrogen and oxygen atoms in total. The highest BCUT2D eigenvalue weighted by atomic mass is 32.1. The highest BCUT2D eigenvalue weighted by Crippen LogP contribution is 2.59. The van der Waals surface area contributed by atoms with E-state index in [9.17, 15) is 4.79 Å². The van der Waals surface area contributed by atoms with Crippen molar-refractivity contribution in [2.75, 3.05) is 7.11 Å². The molecule has 1 aromatic rings. The Morgan fingerprint density at radius 2 is 2.33 bits per heavy atom. The van der Waals surface area contributed by atoms with Crippen LogP contribution in [0.5, 0.6) is 0 Å². The lowest BCUT2D eigenvalue weighted by atomic mass is 9.79. The second-order valence-corrected chi connectivity index (χ2v) is 5.54. The van der Waals surface area contributed by atoms with Gasteiger partial charge in [-0.05, 0) is 48.1 Å². The Bertz CT molecular complexity index is 404. The Morgan fingerprint density at radius 1 is 1.53 bits per heavy atom. The summed E-state index contributed by atoms with van der Waals surface area (Å²) in [6.45, 7) is 0. The molecule has 0 saturated heterocycles. The van der Waals surface area contributed by atoms with Gasteiger partial charge < -0.3 is 4.74 Å². The number of thiophene rings is 1. The topological polar surface area (TPSA) is 26.3 Å².